The van der Waals surface area contributed by atoms with Gasteiger partial charge in [0.05, 0.1) is 40.1 Å². The van der Waals surface area contributed by atoms with E-state index in [0.29, 0.717) is 19.8 Å². The molecule has 3 rings (SSSR count). The maximum atomic E-state index is 12.8. The second-order valence-electron chi connectivity index (χ2n) is 5.73. The van der Waals surface area contributed by atoms with Gasteiger partial charge < -0.3 is 23.8 Å². The molecule has 6 heteroatoms. The van der Waals surface area contributed by atoms with Crippen molar-refractivity contribution in [2.45, 2.75) is 25.0 Å². The van der Waals surface area contributed by atoms with Crippen LogP contribution in [0.2, 0.25) is 0 Å². The second kappa shape index (κ2) is 7.19. The molecular formula is C17H23NO5. The van der Waals surface area contributed by atoms with Crippen LogP contribution in [0.4, 0.5) is 0 Å². The molecule has 1 aromatic rings. The summed E-state index contributed by atoms with van der Waals surface area (Å²) >= 11 is 0. The number of likely N-dealkylation sites (tertiary alicyclic amines) is 1. The Kier molecular flexibility index (Phi) is 5.03. The van der Waals surface area contributed by atoms with Crippen LogP contribution in [-0.2, 0) is 14.3 Å². The minimum Gasteiger partial charge on any atom is -0.497 e. The molecule has 2 aliphatic heterocycles. The van der Waals surface area contributed by atoms with Crippen LogP contribution in [0.5, 0.6) is 11.5 Å². The molecule has 0 unspecified atom stereocenters. The Hall–Kier alpha value is -1.79. The van der Waals surface area contributed by atoms with Crippen LogP contribution in [0.3, 0.4) is 0 Å². The van der Waals surface area contributed by atoms with E-state index in [9.17, 15) is 4.79 Å². The molecule has 0 N–H and O–H groups in total. The first-order chi connectivity index (χ1) is 11.2. The van der Waals surface area contributed by atoms with E-state index in [1.807, 2.05) is 23.1 Å². The maximum absolute atomic E-state index is 12.8. The molecule has 2 atom stereocenters. The smallest absolute Gasteiger partial charge is 0.254 e. The Balaban J connectivity index is 1.84. The SMILES string of the molecule is COc1ccc(OC)c([C@@H]2CCCN2C(=O)[C@H]2COCCO2)c1. The predicted octanol–water partition coefficient (Wildman–Crippen LogP) is 1.78. The third kappa shape index (κ3) is 3.28. The normalized spacial score (nSPS) is 24.5. The summed E-state index contributed by atoms with van der Waals surface area (Å²) in [6.07, 6.45) is 1.37. The van der Waals surface area contributed by atoms with Gasteiger partial charge >= 0.3 is 0 Å². The third-order valence-electron chi connectivity index (χ3n) is 4.42. The fourth-order valence-corrected chi connectivity index (χ4v) is 3.27. The number of methoxy groups -OCH3 is 2. The van der Waals surface area contributed by atoms with Crippen LogP contribution in [0, 0.1) is 0 Å². The molecule has 2 fully saturated rings. The van der Waals surface area contributed by atoms with E-state index < -0.39 is 6.10 Å². The average molecular weight is 321 g/mol. The highest BCUT2D eigenvalue weighted by Crippen LogP contribution is 2.39. The van der Waals surface area contributed by atoms with Crippen molar-refractivity contribution in [3.63, 3.8) is 0 Å². The molecule has 0 bridgehead atoms. The van der Waals surface area contributed by atoms with Gasteiger partial charge in [0, 0.05) is 12.1 Å². The van der Waals surface area contributed by atoms with E-state index >= 15 is 0 Å². The molecule has 0 spiro atoms. The lowest BCUT2D eigenvalue weighted by Crippen LogP contribution is -2.45. The Morgan fingerprint density at radius 2 is 2.13 bits per heavy atom. The number of hydrogen-bond donors (Lipinski definition) is 0. The monoisotopic (exact) mass is 321 g/mol. The van der Waals surface area contributed by atoms with E-state index in [2.05, 4.69) is 0 Å². The minimum absolute atomic E-state index is 0.00271. The fourth-order valence-electron chi connectivity index (χ4n) is 3.27. The van der Waals surface area contributed by atoms with Crippen LogP contribution in [0.25, 0.3) is 0 Å². The molecule has 6 nitrogen and oxygen atoms in total. The minimum atomic E-state index is -0.499. The number of ether oxygens (including phenoxy) is 4. The van der Waals surface area contributed by atoms with Gasteiger partial charge in [-0.15, -0.1) is 0 Å². The van der Waals surface area contributed by atoms with Crippen molar-refractivity contribution in [3.05, 3.63) is 23.8 Å². The second-order valence-corrected chi connectivity index (χ2v) is 5.73. The summed E-state index contributed by atoms with van der Waals surface area (Å²) in [5, 5.41) is 0. The zero-order chi connectivity index (χ0) is 16.2. The van der Waals surface area contributed by atoms with Gasteiger partial charge in [0.2, 0.25) is 0 Å². The van der Waals surface area contributed by atoms with Crippen LogP contribution in [-0.4, -0.2) is 57.5 Å². The quantitative estimate of drug-likeness (QED) is 0.846. The molecule has 0 saturated carbocycles. The van der Waals surface area contributed by atoms with E-state index in [0.717, 1.165) is 36.4 Å². The maximum Gasteiger partial charge on any atom is 0.254 e. The molecule has 126 valence electrons. The Morgan fingerprint density at radius 3 is 2.83 bits per heavy atom. The van der Waals surface area contributed by atoms with Crippen LogP contribution in [0.1, 0.15) is 24.4 Å². The van der Waals surface area contributed by atoms with Gasteiger partial charge in [-0.25, -0.2) is 0 Å². The number of nitrogens with zero attached hydrogens (tertiary/aromatic N) is 1. The highest BCUT2D eigenvalue weighted by atomic mass is 16.6. The number of carbonyl (C=O) groups excluding carboxylic acids is 1. The van der Waals surface area contributed by atoms with Crippen molar-refractivity contribution < 1.29 is 23.7 Å². The van der Waals surface area contributed by atoms with Gasteiger partial charge in [0.1, 0.15) is 11.5 Å². The highest BCUT2D eigenvalue weighted by Gasteiger charge is 2.36. The van der Waals surface area contributed by atoms with E-state index in [-0.39, 0.29) is 11.9 Å². The van der Waals surface area contributed by atoms with Crippen molar-refractivity contribution >= 4 is 5.91 Å². The first-order valence-electron chi connectivity index (χ1n) is 7.96. The number of hydrogen-bond acceptors (Lipinski definition) is 5. The van der Waals surface area contributed by atoms with Crippen LogP contribution >= 0.6 is 0 Å². The zero-order valence-electron chi connectivity index (χ0n) is 13.6. The van der Waals surface area contributed by atoms with E-state index in [4.69, 9.17) is 18.9 Å². The third-order valence-corrected chi connectivity index (χ3v) is 4.42. The Bertz CT molecular complexity index is 556. The van der Waals surface area contributed by atoms with Crippen molar-refractivity contribution in [2.75, 3.05) is 40.6 Å². The van der Waals surface area contributed by atoms with Gasteiger partial charge in [-0.2, -0.15) is 0 Å². The topological polar surface area (TPSA) is 57.2 Å². The Labute approximate surface area is 136 Å². The lowest BCUT2D eigenvalue weighted by molar-refractivity contribution is -0.158. The lowest BCUT2D eigenvalue weighted by Gasteiger charge is -2.31. The van der Waals surface area contributed by atoms with Crippen molar-refractivity contribution in [1.82, 2.24) is 4.90 Å². The Morgan fingerprint density at radius 1 is 1.26 bits per heavy atom. The standard InChI is InChI=1S/C17H23NO5/c1-20-12-5-6-15(21-2)13(10-12)14-4-3-7-18(14)17(19)16-11-22-8-9-23-16/h5-6,10,14,16H,3-4,7-9,11H2,1-2H3/t14-,16+/m0/s1. The molecule has 0 aliphatic carbocycles. The first kappa shape index (κ1) is 16.1. The number of benzene rings is 1. The average Bonchev–Trinajstić information content (AvgIpc) is 3.10. The predicted molar refractivity (Wildman–Crippen MR) is 83.8 cm³/mol. The highest BCUT2D eigenvalue weighted by molar-refractivity contribution is 5.82. The first-order valence-corrected chi connectivity index (χ1v) is 7.96. The molecule has 2 heterocycles. The largest absolute Gasteiger partial charge is 0.497 e. The summed E-state index contributed by atoms with van der Waals surface area (Å²) in [6, 6.07) is 5.68. The number of amides is 1. The van der Waals surface area contributed by atoms with Crippen LogP contribution < -0.4 is 9.47 Å². The van der Waals surface area contributed by atoms with Gasteiger partial charge in [-0.05, 0) is 31.0 Å². The van der Waals surface area contributed by atoms with E-state index in [1.165, 1.54) is 0 Å². The molecule has 2 aliphatic rings. The summed E-state index contributed by atoms with van der Waals surface area (Å²) in [4.78, 5) is 14.7. The number of rotatable bonds is 4. The van der Waals surface area contributed by atoms with Gasteiger partial charge in [-0.1, -0.05) is 0 Å². The van der Waals surface area contributed by atoms with Gasteiger partial charge in [-0.3, -0.25) is 4.79 Å². The summed E-state index contributed by atoms with van der Waals surface area (Å²) in [7, 11) is 3.28. The summed E-state index contributed by atoms with van der Waals surface area (Å²) in [5.74, 6) is 1.53. The van der Waals surface area contributed by atoms with Crippen molar-refractivity contribution in [1.29, 1.82) is 0 Å². The summed E-state index contributed by atoms with van der Waals surface area (Å²) in [5.41, 5.74) is 0.981. The zero-order valence-corrected chi connectivity index (χ0v) is 13.6. The summed E-state index contributed by atoms with van der Waals surface area (Å²) in [6.45, 7) is 2.08. The molecule has 0 radical (unpaired) electrons. The van der Waals surface area contributed by atoms with Crippen molar-refractivity contribution in [3.8, 4) is 11.5 Å². The molecule has 1 amide bonds. The summed E-state index contributed by atoms with van der Waals surface area (Å²) < 4.78 is 21.7. The molecule has 2 saturated heterocycles. The molecular weight excluding hydrogens is 298 g/mol. The molecule has 1 aromatic carbocycles. The van der Waals surface area contributed by atoms with Gasteiger partial charge in [0.25, 0.3) is 5.91 Å². The number of carbonyl (C=O) groups is 1. The fraction of sp³-hybridized carbons (Fsp3) is 0.588. The van der Waals surface area contributed by atoms with E-state index in [1.54, 1.807) is 14.2 Å². The lowest BCUT2D eigenvalue weighted by atomic mass is 10.0. The van der Waals surface area contributed by atoms with Gasteiger partial charge in [0.15, 0.2) is 6.10 Å². The van der Waals surface area contributed by atoms with Crippen LogP contribution in [0.15, 0.2) is 18.2 Å². The van der Waals surface area contributed by atoms with Crippen molar-refractivity contribution in [2.24, 2.45) is 0 Å². The molecule has 23 heavy (non-hydrogen) atoms. The molecule has 0 aromatic heterocycles.